The van der Waals surface area contributed by atoms with Crippen molar-refractivity contribution in [1.29, 1.82) is 0 Å². The van der Waals surface area contributed by atoms with Crippen LogP contribution in [-0.2, 0) is 21.3 Å². The molecule has 2 rings (SSSR count). The molecule has 1 unspecified atom stereocenters. The predicted octanol–water partition coefficient (Wildman–Crippen LogP) is 0.0689. The van der Waals surface area contributed by atoms with Crippen LogP contribution in [0.2, 0.25) is 0 Å². The SMILES string of the molecule is CNS(=O)(=O)CCn1cc(C2CCCCO2)nn1. The second-order valence-corrected chi connectivity index (χ2v) is 6.33. The number of aromatic nitrogens is 3. The molecule has 18 heavy (non-hydrogen) atoms. The Morgan fingerprint density at radius 2 is 2.39 bits per heavy atom. The quantitative estimate of drug-likeness (QED) is 0.821. The van der Waals surface area contributed by atoms with Crippen molar-refractivity contribution in [2.75, 3.05) is 19.4 Å². The first kappa shape index (κ1) is 13.4. The van der Waals surface area contributed by atoms with Crippen LogP contribution in [0.4, 0.5) is 0 Å². The highest BCUT2D eigenvalue weighted by Crippen LogP contribution is 2.25. The smallest absolute Gasteiger partial charge is 0.213 e. The van der Waals surface area contributed by atoms with Crippen LogP contribution in [0.5, 0.6) is 0 Å². The molecule has 0 radical (unpaired) electrons. The van der Waals surface area contributed by atoms with Crippen molar-refractivity contribution in [3.63, 3.8) is 0 Å². The van der Waals surface area contributed by atoms with Gasteiger partial charge in [0, 0.05) is 6.61 Å². The van der Waals surface area contributed by atoms with Gasteiger partial charge in [0.15, 0.2) is 0 Å². The van der Waals surface area contributed by atoms with Gasteiger partial charge in [-0.3, -0.25) is 4.68 Å². The van der Waals surface area contributed by atoms with Crippen molar-refractivity contribution in [3.8, 4) is 0 Å². The van der Waals surface area contributed by atoms with Gasteiger partial charge < -0.3 is 4.74 Å². The average molecular weight is 274 g/mol. The molecule has 1 aliphatic heterocycles. The van der Waals surface area contributed by atoms with Gasteiger partial charge in [0.25, 0.3) is 0 Å². The fourth-order valence-corrected chi connectivity index (χ4v) is 2.49. The van der Waals surface area contributed by atoms with Gasteiger partial charge in [0.2, 0.25) is 10.0 Å². The molecule has 0 spiro atoms. The molecular formula is C10H18N4O3S. The molecule has 0 aromatic carbocycles. The molecule has 0 bridgehead atoms. The molecule has 1 saturated heterocycles. The molecule has 0 saturated carbocycles. The summed E-state index contributed by atoms with van der Waals surface area (Å²) in [6.07, 6.45) is 4.94. The number of ether oxygens (including phenoxy) is 1. The van der Waals surface area contributed by atoms with Crippen LogP contribution >= 0.6 is 0 Å². The van der Waals surface area contributed by atoms with Crippen molar-refractivity contribution in [3.05, 3.63) is 11.9 Å². The molecule has 7 nitrogen and oxygen atoms in total. The molecule has 1 N–H and O–H groups in total. The van der Waals surface area contributed by atoms with E-state index in [0.717, 1.165) is 31.6 Å². The van der Waals surface area contributed by atoms with Crippen LogP contribution in [0.1, 0.15) is 31.1 Å². The maximum atomic E-state index is 11.3. The van der Waals surface area contributed by atoms with Crippen LogP contribution in [0, 0.1) is 0 Å². The van der Waals surface area contributed by atoms with Gasteiger partial charge in [-0.05, 0) is 26.3 Å². The fraction of sp³-hybridized carbons (Fsp3) is 0.800. The van der Waals surface area contributed by atoms with Crippen LogP contribution in [-0.4, -0.2) is 42.8 Å². The Hall–Kier alpha value is -0.990. The normalized spacial score (nSPS) is 21.1. The van der Waals surface area contributed by atoms with Gasteiger partial charge in [0.1, 0.15) is 11.8 Å². The van der Waals surface area contributed by atoms with E-state index in [-0.39, 0.29) is 11.9 Å². The Balaban J connectivity index is 1.93. The van der Waals surface area contributed by atoms with Crippen molar-refractivity contribution < 1.29 is 13.2 Å². The highest BCUT2D eigenvalue weighted by Gasteiger charge is 2.19. The number of aryl methyl sites for hydroxylation is 1. The Bertz CT molecular complexity index is 479. The van der Waals surface area contributed by atoms with E-state index in [4.69, 9.17) is 4.74 Å². The number of nitrogens with one attached hydrogen (secondary N) is 1. The maximum absolute atomic E-state index is 11.3. The molecule has 1 aromatic heterocycles. The highest BCUT2D eigenvalue weighted by atomic mass is 32.2. The minimum absolute atomic E-state index is 0.00216. The molecule has 8 heteroatoms. The molecule has 1 atom stereocenters. The Labute approximate surface area is 107 Å². The molecule has 1 aromatic rings. The van der Waals surface area contributed by atoms with E-state index in [1.165, 1.54) is 7.05 Å². The summed E-state index contributed by atoms with van der Waals surface area (Å²) in [5.74, 6) is -0.00216. The lowest BCUT2D eigenvalue weighted by Crippen LogP contribution is -2.24. The monoisotopic (exact) mass is 274 g/mol. The van der Waals surface area contributed by atoms with Gasteiger partial charge in [-0.25, -0.2) is 13.1 Å². The number of sulfonamides is 1. The number of rotatable bonds is 5. The van der Waals surface area contributed by atoms with Gasteiger partial charge in [-0.15, -0.1) is 5.10 Å². The van der Waals surface area contributed by atoms with Gasteiger partial charge >= 0.3 is 0 Å². The van der Waals surface area contributed by atoms with Crippen LogP contribution < -0.4 is 4.72 Å². The largest absolute Gasteiger partial charge is 0.372 e. The predicted molar refractivity (Wildman–Crippen MR) is 65.4 cm³/mol. The lowest BCUT2D eigenvalue weighted by atomic mass is 10.1. The summed E-state index contributed by atoms with van der Waals surface area (Å²) >= 11 is 0. The van der Waals surface area contributed by atoms with Crippen LogP contribution in [0.25, 0.3) is 0 Å². The maximum Gasteiger partial charge on any atom is 0.213 e. The third-order valence-corrected chi connectivity index (χ3v) is 4.31. The Morgan fingerprint density at radius 3 is 3.06 bits per heavy atom. The standard InChI is InChI=1S/C10H18N4O3S/c1-11-18(15,16)7-5-14-8-9(12-13-14)10-4-2-3-6-17-10/h8,10-11H,2-7H2,1H3. The fourth-order valence-electron chi connectivity index (χ4n) is 1.86. The van der Waals surface area contributed by atoms with E-state index < -0.39 is 10.0 Å². The molecule has 1 fully saturated rings. The molecule has 1 aliphatic rings. The Kier molecular flexibility index (Phi) is 4.31. The van der Waals surface area contributed by atoms with E-state index >= 15 is 0 Å². The number of nitrogens with zero attached hydrogens (tertiary/aromatic N) is 3. The molecule has 0 aliphatic carbocycles. The molecule has 0 amide bonds. The minimum Gasteiger partial charge on any atom is -0.372 e. The van der Waals surface area contributed by atoms with Crippen LogP contribution in [0.15, 0.2) is 6.20 Å². The van der Waals surface area contributed by atoms with Crippen LogP contribution in [0.3, 0.4) is 0 Å². The first-order valence-electron chi connectivity index (χ1n) is 6.03. The summed E-state index contributed by atoms with van der Waals surface area (Å²) in [7, 11) is -1.80. The lowest BCUT2D eigenvalue weighted by molar-refractivity contribution is 0.0122. The summed E-state index contributed by atoms with van der Waals surface area (Å²) in [6.45, 7) is 1.05. The van der Waals surface area contributed by atoms with Gasteiger partial charge in [-0.2, -0.15) is 0 Å². The summed E-state index contributed by atoms with van der Waals surface area (Å²) in [4.78, 5) is 0. The summed E-state index contributed by atoms with van der Waals surface area (Å²) < 4.78 is 32.0. The summed E-state index contributed by atoms with van der Waals surface area (Å²) in [6, 6.07) is 0. The van der Waals surface area contributed by atoms with E-state index in [1.807, 2.05) is 0 Å². The van der Waals surface area contributed by atoms with Gasteiger partial charge in [-0.1, -0.05) is 5.21 Å². The number of hydrogen-bond acceptors (Lipinski definition) is 5. The number of hydrogen-bond donors (Lipinski definition) is 1. The third-order valence-electron chi connectivity index (χ3n) is 2.97. The van der Waals surface area contributed by atoms with E-state index in [0.29, 0.717) is 6.54 Å². The average Bonchev–Trinajstić information content (AvgIpc) is 2.86. The zero-order chi connectivity index (χ0) is 13.0. The zero-order valence-corrected chi connectivity index (χ0v) is 11.2. The molecule has 2 heterocycles. The van der Waals surface area contributed by atoms with Gasteiger partial charge in [0.05, 0.1) is 18.5 Å². The summed E-state index contributed by atoms with van der Waals surface area (Å²) in [5, 5.41) is 7.96. The minimum atomic E-state index is -3.20. The molecular weight excluding hydrogens is 256 g/mol. The first-order chi connectivity index (χ1) is 8.61. The summed E-state index contributed by atoms with van der Waals surface area (Å²) in [5.41, 5.74) is 0.788. The van der Waals surface area contributed by atoms with Crippen molar-refractivity contribution in [2.24, 2.45) is 0 Å². The second kappa shape index (κ2) is 5.77. The molecule has 102 valence electrons. The lowest BCUT2D eigenvalue weighted by Gasteiger charge is -2.19. The van der Waals surface area contributed by atoms with E-state index in [1.54, 1.807) is 10.9 Å². The second-order valence-electron chi connectivity index (χ2n) is 4.28. The zero-order valence-electron chi connectivity index (χ0n) is 10.4. The van der Waals surface area contributed by atoms with Crippen molar-refractivity contribution in [2.45, 2.75) is 31.9 Å². The van der Waals surface area contributed by atoms with Crippen molar-refractivity contribution >= 4 is 10.0 Å². The highest BCUT2D eigenvalue weighted by molar-refractivity contribution is 7.89. The van der Waals surface area contributed by atoms with E-state index in [2.05, 4.69) is 15.0 Å². The van der Waals surface area contributed by atoms with E-state index in [9.17, 15) is 8.42 Å². The third kappa shape index (κ3) is 3.50. The Morgan fingerprint density at radius 1 is 1.56 bits per heavy atom. The topological polar surface area (TPSA) is 86.1 Å². The first-order valence-corrected chi connectivity index (χ1v) is 7.69. The van der Waals surface area contributed by atoms with Crippen molar-refractivity contribution in [1.82, 2.24) is 19.7 Å².